The number of piperidine rings is 1. The van der Waals surface area contributed by atoms with Gasteiger partial charge in [0.2, 0.25) is 5.91 Å². The summed E-state index contributed by atoms with van der Waals surface area (Å²) in [4.78, 5) is 25.5. The second kappa shape index (κ2) is 6.92. The Morgan fingerprint density at radius 2 is 1.90 bits per heavy atom. The first-order chi connectivity index (χ1) is 9.23. The van der Waals surface area contributed by atoms with Gasteiger partial charge in [-0.2, -0.15) is 0 Å². The summed E-state index contributed by atoms with van der Waals surface area (Å²) >= 11 is 0. The SMILES string of the molecule is C[C@@H](CN)C(=O)N1CCC(NC(=O)OC(C)(C)C)CC1. The van der Waals surface area contributed by atoms with Crippen LogP contribution in [0.15, 0.2) is 0 Å². The van der Waals surface area contributed by atoms with Crippen LogP contribution in [0.4, 0.5) is 4.79 Å². The highest BCUT2D eigenvalue weighted by Gasteiger charge is 2.27. The molecule has 0 bridgehead atoms. The van der Waals surface area contributed by atoms with E-state index in [0.717, 1.165) is 12.8 Å². The van der Waals surface area contributed by atoms with Crippen LogP contribution < -0.4 is 11.1 Å². The van der Waals surface area contributed by atoms with Gasteiger partial charge in [-0.3, -0.25) is 4.79 Å². The Kier molecular flexibility index (Phi) is 5.80. The van der Waals surface area contributed by atoms with Gasteiger partial charge in [-0.05, 0) is 33.6 Å². The third kappa shape index (κ3) is 5.36. The second-order valence-corrected chi connectivity index (χ2v) is 6.38. The first-order valence-electron chi connectivity index (χ1n) is 7.21. The molecule has 1 aliphatic heterocycles. The Morgan fingerprint density at radius 1 is 1.35 bits per heavy atom. The number of nitrogens with one attached hydrogen (secondary N) is 1. The molecule has 0 aromatic rings. The van der Waals surface area contributed by atoms with Crippen LogP contribution in [0.2, 0.25) is 0 Å². The number of ether oxygens (including phenoxy) is 1. The van der Waals surface area contributed by atoms with Crippen LogP contribution in [0.25, 0.3) is 0 Å². The molecule has 0 aliphatic carbocycles. The summed E-state index contributed by atoms with van der Waals surface area (Å²) in [5.74, 6) is -0.0337. The van der Waals surface area contributed by atoms with E-state index >= 15 is 0 Å². The number of nitrogens with two attached hydrogens (primary N) is 1. The Bertz CT molecular complexity index is 344. The predicted octanol–water partition coefficient (Wildman–Crippen LogP) is 1.10. The average Bonchev–Trinajstić information content (AvgIpc) is 2.35. The first kappa shape index (κ1) is 16.8. The summed E-state index contributed by atoms with van der Waals surface area (Å²) in [6.45, 7) is 9.03. The zero-order chi connectivity index (χ0) is 15.3. The molecule has 1 aliphatic rings. The highest BCUT2D eigenvalue weighted by molar-refractivity contribution is 5.78. The predicted molar refractivity (Wildman–Crippen MR) is 77.2 cm³/mol. The summed E-state index contributed by atoms with van der Waals surface area (Å²) in [7, 11) is 0. The second-order valence-electron chi connectivity index (χ2n) is 6.38. The van der Waals surface area contributed by atoms with Gasteiger partial charge in [-0.1, -0.05) is 6.92 Å². The minimum absolute atomic E-state index is 0.0714. The third-order valence-corrected chi connectivity index (χ3v) is 3.30. The van der Waals surface area contributed by atoms with Crippen molar-refractivity contribution in [3.8, 4) is 0 Å². The first-order valence-corrected chi connectivity index (χ1v) is 7.21. The summed E-state index contributed by atoms with van der Waals surface area (Å²) in [6, 6.07) is 0.0714. The molecule has 0 aromatic heterocycles. The van der Waals surface area contributed by atoms with Gasteiger partial charge in [0.05, 0.1) is 0 Å². The van der Waals surface area contributed by atoms with Crippen molar-refractivity contribution in [1.82, 2.24) is 10.2 Å². The average molecular weight is 285 g/mol. The zero-order valence-electron chi connectivity index (χ0n) is 12.9. The van der Waals surface area contributed by atoms with Crippen molar-refractivity contribution < 1.29 is 14.3 Å². The molecule has 3 N–H and O–H groups in total. The molecule has 1 fully saturated rings. The molecule has 1 atom stereocenters. The number of likely N-dealkylation sites (tertiary alicyclic amines) is 1. The van der Waals surface area contributed by atoms with Crippen molar-refractivity contribution >= 4 is 12.0 Å². The van der Waals surface area contributed by atoms with Crippen molar-refractivity contribution in [2.45, 2.75) is 52.2 Å². The van der Waals surface area contributed by atoms with Crippen LogP contribution in [0.3, 0.4) is 0 Å². The summed E-state index contributed by atoms with van der Waals surface area (Å²) in [5.41, 5.74) is 5.02. The largest absolute Gasteiger partial charge is 0.444 e. The molecule has 0 unspecified atom stereocenters. The number of amides is 2. The van der Waals surface area contributed by atoms with Crippen LogP contribution in [0, 0.1) is 5.92 Å². The Hall–Kier alpha value is -1.30. The lowest BCUT2D eigenvalue weighted by atomic mass is 10.0. The maximum atomic E-state index is 12.0. The van der Waals surface area contributed by atoms with Gasteiger partial charge in [0.15, 0.2) is 0 Å². The molecule has 116 valence electrons. The number of alkyl carbamates (subject to hydrolysis) is 1. The van der Waals surface area contributed by atoms with Crippen molar-refractivity contribution in [2.24, 2.45) is 11.7 Å². The topological polar surface area (TPSA) is 84.7 Å². The van der Waals surface area contributed by atoms with E-state index in [-0.39, 0.29) is 17.9 Å². The molecule has 1 saturated heterocycles. The van der Waals surface area contributed by atoms with Crippen LogP contribution in [-0.4, -0.2) is 48.2 Å². The number of carbonyl (C=O) groups is 2. The van der Waals surface area contributed by atoms with Gasteiger partial charge < -0.3 is 20.7 Å². The molecular weight excluding hydrogens is 258 g/mol. The Morgan fingerprint density at radius 3 is 2.35 bits per heavy atom. The standard InChI is InChI=1S/C14H27N3O3/c1-10(9-15)12(18)17-7-5-11(6-8-17)16-13(19)20-14(2,3)4/h10-11H,5-9,15H2,1-4H3,(H,16,19)/t10-/m0/s1. The Labute approximate surface area is 121 Å². The number of hydrogen-bond donors (Lipinski definition) is 2. The van der Waals surface area contributed by atoms with Crippen molar-refractivity contribution in [3.63, 3.8) is 0 Å². The lowest BCUT2D eigenvalue weighted by Gasteiger charge is -2.34. The van der Waals surface area contributed by atoms with Crippen molar-refractivity contribution in [1.29, 1.82) is 0 Å². The molecule has 0 radical (unpaired) electrons. The van der Waals surface area contributed by atoms with E-state index in [1.54, 1.807) is 0 Å². The van der Waals surface area contributed by atoms with E-state index in [2.05, 4.69) is 5.32 Å². The van der Waals surface area contributed by atoms with Crippen molar-refractivity contribution in [2.75, 3.05) is 19.6 Å². The van der Waals surface area contributed by atoms with Gasteiger partial charge >= 0.3 is 6.09 Å². The lowest BCUT2D eigenvalue weighted by Crippen LogP contribution is -2.49. The van der Waals surface area contributed by atoms with E-state index in [1.807, 2.05) is 32.6 Å². The molecule has 2 amide bonds. The lowest BCUT2D eigenvalue weighted by molar-refractivity contribution is -0.135. The molecule has 0 spiro atoms. The van der Waals surface area contributed by atoms with E-state index in [9.17, 15) is 9.59 Å². The molecule has 1 rings (SSSR count). The monoisotopic (exact) mass is 285 g/mol. The molecule has 6 nitrogen and oxygen atoms in total. The van der Waals surface area contributed by atoms with Crippen LogP contribution in [-0.2, 0) is 9.53 Å². The minimum Gasteiger partial charge on any atom is -0.444 e. The molecule has 0 aromatic carbocycles. The van der Waals surface area contributed by atoms with Gasteiger partial charge in [-0.15, -0.1) is 0 Å². The molecule has 6 heteroatoms. The van der Waals surface area contributed by atoms with Gasteiger partial charge in [0.25, 0.3) is 0 Å². The summed E-state index contributed by atoms with van der Waals surface area (Å²) in [5, 5.41) is 2.85. The summed E-state index contributed by atoms with van der Waals surface area (Å²) in [6.07, 6.45) is 1.11. The maximum Gasteiger partial charge on any atom is 0.407 e. The molecule has 20 heavy (non-hydrogen) atoms. The number of carbonyl (C=O) groups excluding carboxylic acids is 2. The van der Waals surface area contributed by atoms with E-state index in [1.165, 1.54) is 0 Å². The highest BCUT2D eigenvalue weighted by Crippen LogP contribution is 2.14. The number of nitrogens with zero attached hydrogens (tertiary/aromatic N) is 1. The molecular formula is C14H27N3O3. The van der Waals surface area contributed by atoms with Gasteiger partial charge in [0, 0.05) is 31.6 Å². The number of hydrogen-bond acceptors (Lipinski definition) is 4. The summed E-state index contributed by atoms with van der Waals surface area (Å²) < 4.78 is 5.22. The van der Waals surface area contributed by atoms with E-state index < -0.39 is 11.7 Å². The van der Waals surface area contributed by atoms with Gasteiger partial charge in [-0.25, -0.2) is 4.79 Å². The van der Waals surface area contributed by atoms with Crippen LogP contribution in [0.5, 0.6) is 0 Å². The van der Waals surface area contributed by atoms with E-state index in [4.69, 9.17) is 10.5 Å². The van der Waals surface area contributed by atoms with Gasteiger partial charge in [0.1, 0.15) is 5.60 Å². The molecule has 1 heterocycles. The smallest absolute Gasteiger partial charge is 0.407 e. The zero-order valence-corrected chi connectivity index (χ0v) is 12.9. The maximum absolute atomic E-state index is 12.0. The van der Waals surface area contributed by atoms with Crippen LogP contribution in [0.1, 0.15) is 40.5 Å². The van der Waals surface area contributed by atoms with E-state index in [0.29, 0.717) is 19.6 Å². The third-order valence-electron chi connectivity index (χ3n) is 3.30. The normalized spacial score (nSPS) is 18.6. The quantitative estimate of drug-likeness (QED) is 0.813. The fourth-order valence-corrected chi connectivity index (χ4v) is 2.13. The van der Waals surface area contributed by atoms with Crippen molar-refractivity contribution in [3.05, 3.63) is 0 Å². The minimum atomic E-state index is -0.489. The van der Waals surface area contributed by atoms with Crippen LogP contribution >= 0.6 is 0 Å². The fraction of sp³-hybridized carbons (Fsp3) is 0.857. The number of rotatable bonds is 3. The highest BCUT2D eigenvalue weighted by atomic mass is 16.6. The Balaban J connectivity index is 2.36. The molecule has 0 saturated carbocycles. The fourth-order valence-electron chi connectivity index (χ4n) is 2.13.